The molecule has 1 N–H and O–H groups in total. The van der Waals surface area contributed by atoms with Crippen LogP contribution in [-0.2, 0) is 0 Å². The van der Waals surface area contributed by atoms with Crippen molar-refractivity contribution in [3.8, 4) is 11.5 Å². The lowest BCUT2D eigenvalue weighted by Gasteiger charge is -2.12. The van der Waals surface area contributed by atoms with E-state index in [2.05, 4.69) is 24.4 Å². The number of hydrazone groups is 1. The molecule has 0 bridgehead atoms. The van der Waals surface area contributed by atoms with Crippen LogP contribution in [0.1, 0.15) is 47.7 Å². The van der Waals surface area contributed by atoms with Crippen molar-refractivity contribution in [3.63, 3.8) is 0 Å². The lowest BCUT2D eigenvalue weighted by molar-refractivity contribution is 0.0953. The van der Waals surface area contributed by atoms with Crippen LogP contribution in [0, 0.1) is 19.8 Å². The monoisotopic (exact) mass is 358 g/mol. The number of carbonyl (C=O) groups excluding carboxylic acids is 1. The molecule has 0 unspecified atom stereocenters. The second-order valence-electron chi connectivity index (χ2n) is 6.47. The van der Waals surface area contributed by atoms with Crippen molar-refractivity contribution < 1.29 is 18.7 Å². The van der Waals surface area contributed by atoms with Crippen LogP contribution in [-0.4, -0.2) is 25.8 Å². The number of amides is 1. The van der Waals surface area contributed by atoms with Crippen molar-refractivity contribution in [3.05, 3.63) is 46.9 Å². The second-order valence-corrected chi connectivity index (χ2v) is 6.47. The van der Waals surface area contributed by atoms with Gasteiger partial charge in [-0.1, -0.05) is 13.8 Å². The molecule has 6 nitrogen and oxygen atoms in total. The fourth-order valence-corrected chi connectivity index (χ4v) is 2.37. The minimum Gasteiger partial charge on any atom is -0.493 e. The number of benzene rings is 1. The van der Waals surface area contributed by atoms with E-state index >= 15 is 0 Å². The lowest BCUT2D eigenvalue weighted by atomic mass is 10.1. The van der Waals surface area contributed by atoms with Crippen LogP contribution in [0.5, 0.6) is 11.5 Å². The first-order chi connectivity index (χ1) is 12.4. The quantitative estimate of drug-likeness (QED) is 0.570. The summed E-state index contributed by atoms with van der Waals surface area (Å²) in [6, 6.07) is 7.20. The summed E-state index contributed by atoms with van der Waals surface area (Å²) in [5, 5.41) is 4.00. The van der Waals surface area contributed by atoms with E-state index in [1.165, 1.54) is 0 Å². The molecule has 0 saturated carbocycles. The van der Waals surface area contributed by atoms with Crippen LogP contribution in [0.4, 0.5) is 0 Å². The Morgan fingerprint density at radius 3 is 2.65 bits per heavy atom. The maximum atomic E-state index is 12.1. The number of hydrogen-bond acceptors (Lipinski definition) is 5. The molecule has 0 atom stereocenters. The normalized spacial score (nSPS) is 11.2. The number of rotatable bonds is 8. The lowest BCUT2D eigenvalue weighted by Crippen LogP contribution is -2.17. The van der Waals surface area contributed by atoms with E-state index in [-0.39, 0.29) is 5.91 Å². The van der Waals surface area contributed by atoms with Gasteiger partial charge >= 0.3 is 0 Å². The van der Waals surface area contributed by atoms with Crippen molar-refractivity contribution >= 4 is 12.1 Å². The largest absolute Gasteiger partial charge is 0.493 e. The molecule has 26 heavy (non-hydrogen) atoms. The maximum absolute atomic E-state index is 12.1. The zero-order valence-corrected chi connectivity index (χ0v) is 16.0. The molecule has 0 saturated heterocycles. The standard InChI is InChI=1S/C20H26N2O4/c1-13(2)8-9-25-18-7-6-16(11-19(18)24-5)12-21-22-20(23)17-10-14(3)26-15(17)4/h6-7,10-13H,8-9H2,1-5H3,(H,22,23)/b21-12-. The second kappa shape index (κ2) is 9.08. The average Bonchev–Trinajstić information content (AvgIpc) is 2.93. The van der Waals surface area contributed by atoms with E-state index in [4.69, 9.17) is 13.9 Å². The average molecular weight is 358 g/mol. The van der Waals surface area contributed by atoms with E-state index in [1.54, 1.807) is 33.2 Å². The molecule has 1 aromatic heterocycles. The van der Waals surface area contributed by atoms with Crippen molar-refractivity contribution in [2.75, 3.05) is 13.7 Å². The Balaban J connectivity index is 1.99. The van der Waals surface area contributed by atoms with Gasteiger partial charge in [0, 0.05) is 0 Å². The van der Waals surface area contributed by atoms with Gasteiger partial charge in [-0.3, -0.25) is 4.79 Å². The third-order valence-corrected chi connectivity index (χ3v) is 3.81. The molecule has 0 aliphatic rings. The Morgan fingerprint density at radius 1 is 1.27 bits per heavy atom. The number of ether oxygens (including phenoxy) is 2. The van der Waals surface area contributed by atoms with Crippen molar-refractivity contribution in [1.29, 1.82) is 0 Å². The van der Waals surface area contributed by atoms with E-state index < -0.39 is 0 Å². The summed E-state index contributed by atoms with van der Waals surface area (Å²) in [7, 11) is 1.59. The Morgan fingerprint density at radius 2 is 2.04 bits per heavy atom. The summed E-state index contributed by atoms with van der Waals surface area (Å²) < 4.78 is 16.5. The van der Waals surface area contributed by atoms with E-state index in [0.717, 1.165) is 12.0 Å². The first-order valence-corrected chi connectivity index (χ1v) is 8.62. The summed E-state index contributed by atoms with van der Waals surface area (Å²) in [5.74, 6) is 2.85. The molecule has 0 aliphatic heterocycles. The zero-order valence-electron chi connectivity index (χ0n) is 16.0. The van der Waals surface area contributed by atoms with Gasteiger partial charge in [-0.15, -0.1) is 0 Å². The third kappa shape index (κ3) is 5.37. The summed E-state index contributed by atoms with van der Waals surface area (Å²) in [6.07, 6.45) is 2.53. The summed E-state index contributed by atoms with van der Waals surface area (Å²) >= 11 is 0. The first kappa shape index (κ1) is 19.6. The van der Waals surface area contributed by atoms with Crippen LogP contribution < -0.4 is 14.9 Å². The highest BCUT2D eigenvalue weighted by Crippen LogP contribution is 2.28. The molecule has 0 spiro atoms. The van der Waals surface area contributed by atoms with Gasteiger partial charge in [0.2, 0.25) is 0 Å². The smallest absolute Gasteiger partial charge is 0.274 e. The number of carbonyl (C=O) groups is 1. The highest BCUT2D eigenvalue weighted by Gasteiger charge is 2.12. The molecule has 2 aromatic rings. The molecule has 0 aliphatic carbocycles. The van der Waals surface area contributed by atoms with Crippen LogP contribution in [0.25, 0.3) is 0 Å². The predicted octanol–water partition coefficient (Wildman–Crippen LogP) is 4.09. The van der Waals surface area contributed by atoms with Crippen LogP contribution in [0.15, 0.2) is 33.8 Å². The summed E-state index contributed by atoms with van der Waals surface area (Å²) in [6.45, 7) is 8.49. The first-order valence-electron chi connectivity index (χ1n) is 8.62. The molecular weight excluding hydrogens is 332 g/mol. The third-order valence-electron chi connectivity index (χ3n) is 3.81. The topological polar surface area (TPSA) is 73.1 Å². The number of nitrogens with zero attached hydrogens (tertiary/aromatic N) is 1. The number of hydrogen-bond donors (Lipinski definition) is 1. The predicted molar refractivity (Wildman–Crippen MR) is 101 cm³/mol. The van der Waals surface area contributed by atoms with Gasteiger partial charge in [0.15, 0.2) is 11.5 Å². The fourth-order valence-electron chi connectivity index (χ4n) is 2.37. The summed E-state index contributed by atoms with van der Waals surface area (Å²) in [4.78, 5) is 12.1. The van der Waals surface area contributed by atoms with Crippen molar-refractivity contribution in [2.45, 2.75) is 34.1 Å². The SMILES string of the molecule is COc1cc(/C=N\NC(=O)c2cc(C)oc2C)ccc1OCCC(C)C. The van der Waals surface area contributed by atoms with Crippen LogP contribution in [0.3, 0.4) is 0 Å². The minimum atomic E-state index is -0.309. The van der Waals surface area contributed by atoms with Gasteiger partial charge in [-0.2, -0.15) is 5.10 Å². The molecule has 0 fully saturated rings. The Bertz CT molecular complexity index is 778. The highest BCUT2D eigenvalue weighted by molar-refractivity contribution is 5.95. The number of furan rings is 1. The Kier molecular flexibility index (Phi) is 6.83. The van der Waals surface area contributed by atoms with Gasteiger partial charge < -0.3 is 13.9 Å². The minimum absolute atomic E-state index is 0.309. The van der Waals surface area contributed by atoms with E-state index in [0.29, 0.717) is 41.1 Å². The van der Waals surface area contributed by atoms with Gasteiger partial charge in [0.1, 0.15) is 11.5 Å². The molecule has 2 rings (SSSR count). The van der Waals surface area contributed by atoms with Crippen LogP contribution >= 0.6 is 0 Å². The molecular formula is C20H26N2O4. The number of methoxy groups -OCH3 is 1. The molecule has 1 aromatic carbocycles. The Hall–Kier alpha value is -2.76. The molecule has 1 heterocycles. The highest BCUT2D eigenvalue weighted by atomic mass is 16.5. The fraction of sp³-hybridized carbons (Fsp3) is 0.400. The molecule has 1 amide bonds. The van der Waals surface area contributed by atoms with Crippen molar-refractivity contribution in [2.24, 2.45) is 11.0 Å². The molecule has 6 heteroatoms. The summed E-state index contributed by atoms with van der Waals surface area (Å²) in [5.41, 5.74) is 3.77. The zero-order chi connectivity index (χ0) is 19.1. The molecule has 140 valence electrons. The molecule has 0 radical (unpaired) electrons. The van der Waals surface area contributed by atoms with Crippen LogP contribution in [0.2, 0.25) is 0 Å². The maximum Gasteiger partial charge on any atom is 0.274 e. The van der Waals surface area contributed by atoms with Gasteiger partial charge in [-0.05, 0) is 56.0 Å². The Labute approximate surface area is 154 Å². The number of nitrogens with one attached hydrogen (secondary N) is 1. The van der Waals surface area contributed by atoms with E-state index in [1.807, 2.05) is 18.2 Å². The number of aryl methyl sites for hydroxylation is 2. The van der Waals surface area contributed by atoms with E-state index in [9.17, 15) is 4.79 Å². The van der Waals surface area contributed by atoms with Gasteiger partial charge in [-0.25, -0.2) is 5.43 Å². The van der Waals surface area contributed by atoms with Gasteiger partial charge in [0.05, 0.1) is 25.5 Å². The van der Waals surface area contributed by atoms with Crippen molar-refractivity contribution in [1.82, 2.24) is 5.43 Å². The van der Waals surface area contributed by atoms with Gasteiger partial charge in [0.25, 0.3) is 5.91 Å².